The van der Waals surface area contributed by atoms with Gasteiger partial charge in [-0.15, -0.1) is 0 Å². The zero-order chi connectivity index (χ0) is 40.1. The van der Waals surface area contributed by atoms with Gasteiger partial charge in [0.15, 0.2) is 6.10 Å². The fraction of sp³-hybridized carbons (Fsp3) is 0.490. The van der Waals surface area contributed by atoms with Crippen molar-refractivity contribution < 1.29 is 28.6 Å². The Bertz CT molecular complexity index is 1280. The Morgan fingerprint density at radius 2 is 0.764 bits per heavy atom. The van der Waals surface area contributed by atoms with Crippen LogP contribution in [0.25, 0.3) is 0 Å². The van der Waals surface area contributed by atoms with Gasteiger partial charge in [0.25, 0.3) is 0 Å². The van der Waals surface area contributed by atoms with E-state index in [0.29, 0.717) is 25.7 Å². The highest BCUT2D eigenvalue weighted by molar-refractivity contribution is 5.71. The molecule has 0 aromatic rings. The molecule has 55 heavy (non-hydrogen) atoms. The molecule has 0 saturated heterocycles. The number of hydrogen-bond donors (Lipinski definition) is 0. The summed E-state index contributed by atoms with van der Waals surface area (Å²) in [4.78, 5) is 37.6. The van der Waals surface area contributed by atoms with Crippen LogP contribution in [-0.4, -0.2) is 37.2 Å². The molecular weight excluding hydrogens is 685 g/mol. The highest BCUT2D eigenvalue weighted by Crippen LogP contribution is 2.10. The molecule has 1 unspecified atom stereocenters. The fourth-order valence-corrected chi connectivity index (χ4v) is 4.81. The van der Waals surface area contributed by atoms with Crippen LogP contribution in [0.15, 0.2) is 134 Å². The van der Waals surface area contributed by atoms with E-state index in [1.807, 2.05) is 85.1 Å². The number of unbranched alkanes of at least 4 members (excludes halogenated alkanes) is 8. The van der Waals surface area contributed by atoms with E-state index in [0.717, 1.165) is 77.0 Å². The van der Waals surface area contributed by atoms with E-state index in [4.69, 9.17) is 14.2 Å². The molecule has 0 bridgehead atoms. The van der Waals surface area contributed by atoms with Crippen LogP contribution in [0.3, 0.4) is 0 Å². The smallest absolute Gasteiger partial charge is 0.306 e. The molecule has 0 aliphatic rings. The molecule has 1 atom stereocenters. The standard InChI is InChI=1S/C49H72O6/c1-4-7-10-13-16-19-21-23-24-26-27-30-33-36-39-42-48(51)54-45-46(44-53-47(50)41-38-35-32-29-18-15-12-9-6-3)55-49(52)43-40-37-34-31-28-25-22-20-17-14-11-8-5-2/h7-14,16-25,28-29,31,34,46H,4-6,15,26-27,30,32-33,35-45H2,1-3H3/b10-7-,11-8-,12-9-,16-13-,17-14-,21-19-,22-20-,24-23-,28-25-,29-18-,34-31-. The second kappa shape index (κ2) is 42.3. The van der Waals surface area contributed by atoms with E-state index in [-0.39, 0.29) is 38.0 Å². The molecule has 0 amide bonds. The van der Waals surface area contributed by atoms with Crippen molar-refractivity contribution in [1.82, 2.24) is 0 Å². The third-order valence-electron chi connectivity index (χ3n) is 7.85. The first-order valence-electron chi connectivity index (χ1n) is 20.8. The van der Waals surface area contributed by atoms with E-state index in [9.17, 15) is 14.4 Å². The Hall–Kier alpha value is -4.45. The van der Waals surface area contributed by atoms with Gasteiger partial charge >= 0.3 is 17.9 Å². The average molecular weight is 757 g/mol. The van der Waals surface area contributed by atoms with Gasteiger partial charge in [-0.1, -0.05) is 174 Å². The van der Waals surface area contributed by atoms with Crippen LogP contribution >= 0.6 is 0 Å². The molecule has 0 saturated carbocycles. The van der Waals surface area contributed by atoms with Gasteiger partial charge in [0.05, 0.1) is 0 Å². The Morgan fingerprint density at radius 1 is 0.382 bits per heavy atom. The molecule has 0 aromatic heterocycles. The SMILES string of the molecule is CC\C=C/C=C\C=C/C=C\C=C/CCCC(=O)OC(COC(=O)CCCC/C=C\C/C=C\CC)COC(=O)CCCCCCC\C=C/C=C\C=C/C=C\CC. The summed E-state index contributed by atoms with van der Waals surface area (Å²) in [5.41, 5.74) is 0. The van der Waals surface area contributed by atoms with Gasteiger partial charge in [0.1, 0.15) is 13.2 Å². The Kier molecular flexibility index (Phi) is 38.9. The summed E-state index contributed by atoms with van der Waals surface area (Å²) in [6.45, 7) is 6.06. The molecular formula is C49H72O6. The first kappa shape index (κ1) is 50.5. The van der Waals surface area contributed by atoms with Crippen LogP contribution in [0.2, 0.25) is 0 Å². The van der Waals surface area contributed by atoms with Gasteiger partial charge in [-0.2, -0.15) is 0 Å². The quantitative estimate of drug-likeness (QED) is 0.0214. The van der Waals surface area contributed by atoms with Crippen molar-refractivity contribution in [3.63, 3.8) is 0 Å². The molecule has 0 aliphatic heterocycles. The molecule has 0 spiro atoms. The summed E-state index contributed by atoms with van der Waals surface area (Å²) in [5, 5.41) is 0. The Labute approximate surface area is 334 Å². The number of rotatable bonds is 34. The van der Waals surface area contributed by atoms with E-state index < -0.39 is 12.1 Å². The van der Waals surface area contributed by atoms with Crippen LogP contribution in [0, 0.1) is 0 Å². The molecule has 0 fully saturated rings. The second-order valence-electron chi connectivity index (χ2n) is 13.0. The number of carbonyl (C=O) groups is 3. The molecule has 6 nitrogen and oxygen atoms in total. The minimum absolute atomic E-state index is 0.135. The van der Waals surface area contributed by atoms with E-state index in [2.05, 4.69) is 69.4 Å². The van der Waals surface area contributed by atoms with Crippen molar-refractivity contribution in [2.75, 3.05) is 13.2 Å². The van der Waals surface area contributed by atoms with Gasteiger partial charge in [-0.3, -0.25) is 14.4 Å². The molecule has 0 N–H and O–H groups in total. The maximum absolute atomic E-state index is 12.6. The van der Waals surface area contributed by atoms with Gasteiger partial charge in [-0.05, 0) is 77.0 Å². The van der Waals surface area contributed by atoms with Gasteiger partial charge in [0, 0.05) is 19.3 Å². The van der Waals surface area contributed by atoms with Crippen molar-refractivity contribution in [1.29, 1.82) is 0 Å². The van der Waals surface area contributed by atoms with Crippen molar-refractivity contribution in [3.8, 4) is 0 Å². The topological polar surface area (TPSA) is 78.9 Å². The number of hydrogen-bond acceptors (Lipinski definition) is 6. The molecule has 0 aliphatic carbocycles. The third kappa shape index (κ3) is 40.6. The van der Waals surface area contributed by atoms with Crippen molar-refractivity contribution >= 4 is 17.9 Å². The molecule has 0 rings (SSSR count). The van der Waals surface area contributed by atoms with Crippen LogP contribution in [-0.2, 0) is 28.6 Å². The lowest BCUT2D eigenvalue weighted by molar-refractivity contribution is -0.167. The largest absolute Gasteiger partial charge is 0.462 e. The predicted octanol–water partition coefficient (Wildman–Crippen LogP) is 13.2. The second-order valence-corrected chi connectivity index (χ2v) is 13.0. The first-order chi connectivity index (χ1) is 27.0. The molecule has 6 heteroatoms. The first-order valence-corrected chi connectivity index (χ1v) is 20.8. The van der Waals surface area contributed by atoms with Crippen molar-refractivity contribution in [2.24, 2.45) is 0 Å². The Morgan fingerprint density at radius 3 is 1.31 bits per heavy atom. The minimum atomic E-state index is -0.840. The summed E-state index contributed by atoms with van der Waals surface area (Å²) in [6, 6.07) is 0. The van der Waals surface area contributed by atoms with Gasteiger partial charge in [-0.25, -0.2) is 0 Å². The van der Waals surface area contributed by atoms with Crippen molar-refractivity contribution in [3.05, 3.63) is 134 Å². The fourth-order valence-electron chi connectivity index (χ4n) is 4.81. The maximum Gasteiger partial charge on any atom is 0.306 e. The number of carbonyl (C=O) groups excluding carboxylic acids is 3. The van der Waals surface area contributed by atoms with Gasteiger partial charge < -0.3 is 14.2 Å². The summed E-state index contributed by atoms with van der Waals surface area (Å²) >= 11 is 0. The van der Waals surface area contributed by atoms with E-state index >= 15 is 0 Å². The monoisotopic (exact) mass is 757 g/mol. The predicted molar refractivity (Wildman–Crippen MR) is 232 cm³/mol. The summed E-state index contributed by atoms with van der Waals surface area (Å²) in [7, 11) is 0. The van der Waals surface area contributed by atoms with Crippen LogP contribution in [0.1, 0.15) is 136 Å². The minimum Gasteiger partial charge on any atom is -0.462 e. The number of ether oxygens (including phenoxy) is 3. The van der Waals surface area contributed by atoms with Crippen LogP contribution < -0.4 is 0 Å². The summed E-state index contributed by atoms with van der Waals surface area (Å²) < 4.78 is 16.5. The van der Waals surface area contributed by atoms with Crippen LogP contribution in [0.4, 0.5) is 0 Å². The van der Waals surface area contributed by atoms with Crippen LogP contribution in [0.5, 0.6) is 0 Å². The molecule has 0 heterocycles. The third-order valence-corrected chi connectivity index (χ3v) is 7.85. The maximum atomic E-state index is 12.6. The van der Waals surface area contributed by atoms with E-state index in [1.165, 1.54) is 0 Å². The zero-order valence-corrected chi connectivity index (χ0v) is 34.4. The lowest BCUT2D eigenvalue weighted by Gasteiger charge is -2.18. The Balaban J connectivity index is 4.60. The number of esters is 3. The summed E-state index contributed by atoms with van der Waals surface area (Å²) in [5.74, 6) is -1.09. The normalized spacial score (nSPS) is 13.4. The average Bonchev–Trinajstić information content (AvgIpc) is 3.18. The lowest BCUT2D eigenvalue weighted by Crippen LogP contribution is -2.30. The van der Waals surface area contributed by atoms with Crippen molar-refractivity contribution in [2.45, 2.75) is 142 Å². The highest BCUT2D eigenvalue weighted by atomic mass is 16.6. The molecule has 304 valence electrons. The highest BCUT2D eigenvalue weighted by Gasteiger charge is 2.19. The van der Waals surface area contributed by atoms with E-state index in [1.54, 1.807) is 0 Å². The number of allylic oxidation sites excluding steroid dienone is 22. The molecule has 0 aromatic carbocycles. The lowest BCUT2D eigenvalue weighted by atomic mass is 10.1. The molecule has 0 radical (unpaired) electrons. The van der Waals surface area contributed by atoms with Gasteiger partial charge in [0.2, 0.25) is 0 Å². The zero-order valence-electron chi connectivity index (χ0n) is 34.4. The summed E-state index contributed by atoms with van der Waals surface area (Å²) in [6.07, 6.45) is 58.8.